The molecule has 76 valence electrons. The molecule has 0 heterocycles. The molecule has 3 N–H and O–H groups in total. The van der Waals surface area contributed by atoms with Gasteiger partial charge in [-0.1, -0.05) is 5.57 Å². The Hall–Kier alpha value is -0.480. The summed E-state index contributed by atoms with van der Waals surface area (Å²) in [5, 5.41) is 8.42. The Morgan fingerprint density at radius 1 is 1.69 bits per heavy atom. The fourth-order valence-corrected chi connectivity index (χ4v) is 1.84. The number of hydrogen-bond donors (Lipinski definition) is 2. The lowest BCUT2D eigenvalue weighted by Crippen LogP contribution is -2.15. The SMILES string of the molecule is CC(=CC(=O)O)CSCCC(C)N. The second kappa shape index (κ2) is 6.97. The largest absolute Gasteiger partial charge is 0.478 e. The summed E-state index contributed by atoms with van der Waals surface area (Å²) in [4.78, 5) is 10.2. The van der Waals surface area contributed by atoms with Gasteiger partial charge in [0.25, 0.3) is 0 Å². The van der Waals surface area contributed by atoms with Crippen molar-refractivity contribution in [3.8, 4) is 0 Å². The monoisotopic (exact) mass is 203 g/mol. The number of aliphatic carboxylic acids is 1. The summed E-state index contributed by atoms with van der Waals surface area (Å²) >= 11 is 1.72. The van der Waals surface area contributed by atoms with Crippen molar-refractivity contribution >= 4 is 17.7 Å². The number of carbonyl (C=O) groups is 1. The third kappa shape index (κ3) is 9.43. The number of nitrogens with two attached hydrogens (primary N) is 1. The lowest BCUT2D eigenvalue weighted by atomic mass is 10.3. The molecule has 0 fully saturated rings. The minimum atomic E-state index is -0.870. The van der Waals surface area contributed by atoms with E-state index in [2.05, 4.69) is 0 Å². The van der Waals surface area contributed by atoms with Gasteiger partial charge in [-0.3, -0.25) is 0 Å². The van der Waals surface area contributed by atoms with Gasteiger partial charge in [-0.15, -0.1) is 0 Å². The normalized spacial score (nSPS) is 14.2. The van der Waals surface area contributed by atoms with Gasteiger partial charge in [0.05, 0.1) is 0 Å². The van der Waals surface area contributed by atoms with E-state index in [4.69, 9.17) is 10.8 Å². The molecule has 0 amide bonds. The summed E-state index contributed by atoms with van der Waals surface area (Å²) in [6.07, 6.45) is 2.23. The summed E-state index contributed by atoms with van der Waals surface area (Å²) in [7, 11) is 0. The zero-order valence-electron chi connectivity index (χ0n) is 8.12. The molecular formula is C9H17NO2S. The van der Waals surface area contributed by atoms with Gasteiger partial charge in [-0.25, -0.2) is 4.79 Å². The highest BCUT2D eigenvalue weighted by atomic mass is 32.2. The first-order chi connectivity index (χ1) is 6.02. The van der Waals surface area contributed by atoms with Gasteiger partial charge in [0.2, 0.25) is 0 Å². The molecule has 0 aromatic carbocycles. The van der Waals surface area contributed by atoms with E-state index in [1.165, 1.54) is 6.08 Å². The molecule has 0 radical (unpaired) electrons. The molecule has 1 unspecified atom stereocenters. The Morgan fingerprint density at radius 2 is 2.31 bits per heavy atom. The molecule has 0 bridgehead atoms. The third-order valence-electron chi connectivity index (χ3n) is 1.42. The fourth-order valence-electron chi connectivity index (χ4n) is 0.755. The van der Waals surface area contributed by atoms with Crippen molar-refractivity contribution in [1.82, 2.24) is 0 Å². The van der Waals surface area contributed by atoms with Gasteiger partial charge in [0.15, 0.2) is 0 Å². The van der Waals surface area contributed by atoms with Crippen molar-refractivity contribution < 1.29 is 9.90 Å². The van der Waals surface area contributed by atoms with E-state index in [-0.39, 0.29) is 6.04 Å². The molecule has 0 saturated heterocycles. The molecule has 0 aliphatic carbocycles. The summed E-state index contributed by atoms with van der Waals surface area (Å²) in [6.45, 7) is 3.80. The zero-order valence-corrected chi connectivity index (χ0v) is 8.93. The van der Waals surface area contributed by atoms with Crippen LogP contribution in [0.25, 0.3) is 0 Å². The van der Waals surface area contributed by atoms with E-state index in [1.54, 1.807) is 11.8 Å². The quantitative estimate of drug-likeness (QED) is 0.507. The van der Waals surface area contributed by atoms with Crippen LogP contribution >= 0.6 is 11.8 Å². The molecule has 0 aliphatic heterocycles. The van der Waals surface area contributed by atoms with E-state index in [1.807, 2.05) is 13.8 Å². The van der Waals surface area contributed by atoms with Crippen molar-refractivity contribution in [3.63, 3.8) is 0 Å². The van der Waals surface area contributed by atoms with E-state index in [9.17, 15) is 4.79 Å². The highest BCUT2D eigenvalue weighted by Crippen LogP contribution is 2.09. The van der Waals surface area contributed by atoms with Crippen LogP contribution in [0.1, 0.15) is 20.3 Å². The van der Waals surface area contributed by atoms with Crippen LogP contribution in [0.4, 0.5) is 0 Å². The van der Waals surface area contributed by atoms with Crippen LogP contribution < -0.4 is 5.73 Å². The summed E-state index contributed by atoms with van der Waals surface area (Å²) < 4.78 is 0. The maximum absolute atomic E-state index is 10.2. The molecule has 0 rings (SSSR count). The predicted molar refractivity (Wildman–Crippen MR) is 57.0 cm³/mol. The van der Waals surface area contributed by atoms with Gasteiger partial charge in [-0.2, -0.15) is 11.8 Å². The third-order valence-corrected chi connectivity index (χ3v) is 2.60. The molecule has 4 heteroatoms. The minimum Gasteiger partial charge on any atom is -0.478 e. The number of rotatable bonds is 6. The summed E-state index contributed by atoms with van der Waals surface area (Å²) in [5.74, 6) is 0.895. The smallest absolute Gasteiger partial charge is 0.328 e. The topological polar surface area (TPSA) is 63.3 Å². The van der Waals surface area contributed by atoms with Crippen molar-refractivity contribution in [2.45, 2.75) is 26.3 Å². The van der Waals surface area contributed by atoms with Gasteiger partial charge >= 0.3 is 5.97 Å². The summed E-state index contributed by atoms with van der Waals surface area (Å²) in [6, 6.07) is 0.233. The van der Waals surface area contributed by atoms with Crippen molar-refractivity contribution in [1.29, 1.82) is 0 Å². The van der Waals surface area contributed by atoms with E-state index in [0.717, 1.165) is 23.5 Å². The number of carboxylic acids is 1. The first kappa shape index (κ1) is 12.5. The molecule has 3 nitrogen and oxygen atoms in total. The van der Waals surface area contributed by atoms with E-state index < -0.39 is 5.97 Å². The Balaban J connectivity index is 3.48. The van der Waals surface area contributed by atoms with Crippen LogP contribution in [-0.4, -0.2) is 28.6 Å². The maximum Gasteiger partial charge on any atom is 0.328 e. The average molecular weight is 203 g/mol. The second-order valence-corrected chi connectivity index (χ2v) is 4.25. The van der Waals surface area contributed by atoms with Crippen molar-refractivity contribution in [3.05, 3.63) is 11.6 Å². The highest BCUT2D eigenvalue weighted by Gasteiger charge is 1.97. The number of carboxylic acid groups (broad SMARTS) is 1. The molecule has 1 atom stereocenters. The summed E-state index contributed by atoms with van der Waals surface area (Å²) in [5.41, 5.74) is 6.46. The average Bonchev–Trinajstić information content (AvgIpc) is 1.96. The lowest BCUT2D eigenvalue weighted by molar-refractivity contribution is -0.131. The van der Waals surface area contributed by atoms with Crippen LogP contribution in [0.2, 0.25) is 0 Å². The van der Waals surface area contributed by atoms with Crippen LogP contribution in [0, 0.1) is 0 Å². The van der Waals surface area contributed by atoms with Gasteiger partial charge < -0.3 is 10.8 Å². The Kier molecular flexibility index (Phi) is 6.72. The molecule has 0 spiro atoms. The predicted octanol–water partition coefficient (Wildman–Crippen LogP) is 1.49. The zero-order chi connectivity index (χ0) is 10.3. The fraction of sp³-hybridized carbons (Fsp3) is 0.667. The lowest BCUT2D eigenvalue weighted by Gasteiger charge is -2.04. The number of hydrogen-bond acceptors (Lipinski definition) is 3. The van der Waals surface area contributed by atoms with Crippen molar-refractivity contribution in [2.24, 2.45) is 5.73 Å². The van der Waals surface area contributed by atoms with Crippen LogP contribution in [-0.2, 0) is 4.79 Å². The molecule has 0 aromatic heterocycles. The van der Waals surface area contributed by atoms with E-state index in [0.29, 0.717) is 0 Å². The molecular weight excluding hydrogens is 186 g/mol. The van der Waals surface area contributed by atoms with Crippen LogP contribution in [0.3, 0.4) is 0 Å². The van der Waals surface area contributed by atoms with Crippen molar-refractivity contribution in [2.75, 3.05) is 11.5 Å². The Bertz CT molecular complexity index is 190. The standard InChI is InChI=1S/C9H17NO2S/c1-7(5-9(11)12)6-13-4-3-8(2)10/h5,8H,3-4,6,10H2,1-2H3,(H,11,12). The molecule has 0 aromatic rings. The van der Waals surface area contributed by atoms with Gasteiger partial charge in [0, 0.05) is 17.9 Å². The van der Waals surface area contributed by atoms with Crippen LogP contribution in [0.5, 0.6) is 0 Å². The van der Waals surface area contributed by atoms with Gasteiger partial charge in [0.1, 0.15) is 0 Å². The first-order valence-electron chi connectivity index (χ1n) is 4.25. The minimum absolute atomic E-state index is 0.233. The highest BCUT2D eigenvalue weighted by molar-refractivity contribution is 7.99. The molecule has 0 aliphatic rings. The maximum atomic E-state index is 10.2. The Morgan fingerprint density at radius 3 is 2.77 bits per heavy atom. The molecule has 13 heavy (non-hydrogen) atoms. The second-order valence-electron chi connectivity index (χ2n) is 3.15. The number of thioether (sulfide) groups is 1. The molecule has 0 saturated carbocycles. The first-order valence-corrected chi connectivity index (χ1v) is 5.41. The van der Waals surface area contributed by atoms with Gasteiger partial charge in [-0.05, 0) is 26.0 Å². The van der Waals surface area contributed by atoms with Crippen LogP contribution in [0.15, 0.2) is 11.6 Å². The van der Waals surface area contributed by atoms with E-state index >= 15 is 0 Å². The Labute approximate surface area is 83.4 Å².